The lowest BCUT2D eigenvalue weighted by Crippen LogP contribution is -2.12. The number of ether oxygens (including phenoxy) is 1. The molecule has 3 rings (SSSR count). The van der Waals surface area contributed by atoms with Gasteiger partial charge in [-0.25, -0.2) is 9.79 Å². The largest absolute Gasteiger partial charge is 0.506 e. The third-order valence-electron chi connectivity index (χ3n) is 4.37. The highest BCUT2D eigenvalue weighted by molar-refractivity contribution is 8.18. The van der Waals surface area contributed by atoms with Gasteiger partial charge in [0.2, 0.25) is 0 Å². The van der Waals surface area contributed by atoms with Crippen LogP contribution in [0.5, 0.6) is 0 Å². The summed E-state index contributed by atoms with van der Waals surface area (Å²) < 4.78 is 5.08. The molecular weight excluding hydrogens is 418 g/mol. The van der Waals surface area contributed by atoms with E-state index in [-0.39, 0.29) is 28.7 Å². The van der Waals surface area contributed by atoms with E-state index in [4.69, 9.17) is 4.74 Å². The predicted molar refractivity (Wildman–Crippen MR) is 123 cm³/mol. The molecular formula is C22H21N3O5S. The van der Waals surface area contributed by atoms with Crippen LogP contribution in [0, 0.1) is 10.1 Å². The Morgan fingerprint density at radius 3 is 2.39 bits per heavy atom. The lowest BCUT2D eigenvalue weighted by molar-refractivity contribution is -0.384. The van der Waals surface area contributed by atoms with Gasteiger partial charge in [0, 0.05) is 31.9 Å². The van der Waals surface area contributed by atoms with Crippen LogP contribution < -0.4 is 4.90 Å². The first kappa shape index (κ1) is 22.1. The number of anilines is 1. The first-order chi connectivity index (χ1) is 14.8. The number of esters is 1. The highest BCUT2D eigenvalue weighted by atomic mass is 32.2. The summed E-state index contributed by atoms with van der Waals surface area (Å²) in [5, 5.41) is 21.8. The number of nitro groups is 1. The molecule has 0 radical (unpaired) electrons. The van der Waals surface area contributed by atoms with Gasteiger partial charge in [-0.2, -0.15) is 0 Å². The highest BCUT2D eigenvalue weighted by Crippen LogP contribution is 2.40. The van der Waals surface area contributed by atoms with E-state index in [1.807, 2.05) is 43.3 Å². The molecule has 0 aromatic heterocycles. The predicted octanol–water partition coefficient (Wildman–Crippen LogP) is 4.85. The van der Waals surface area contributed by atoms with Crippen molar-refractivity contribution in [3.05, 3.63) is 80.4 Å². The quantitative estimate of drug-likeness (QED) is 0.389. The summed E-state index contributed by atoms with van der Waals surface area (Å²) in [6, 6.07) is 13.3. The van der Waals surface area contributed by atoms with Crippen molar-refractivity contribution in [1.29, 1.82) is 0 Å². The van der Waals surface area contributed by atoms with Crippen LogP contribution in [0.25, 0.3) is 6.08 Å². The molecule has 1 heterocycles. The van der Waals surface area contributed by atoms with Crippen LogP contribution in [0.4, 0.5) is 17.1 Å². The van der Waals surface area contributed by atoms with E-state index in [1.165, 1.54) is 24.3 Å². The number of thioether (sulfide) groups is 1. The van der Waals surface area contributed by atoms with Gasteiger partial charge in [0.05, 0.1) is 22.1 Å². The van der Waals surface area contributed by atoms with Gasteiger partial charge in [-0.1, -0.05) is 23.9 Å². The molecule has 1 aliphatic rings. The molecule has 1 N–H and O–H groups in total. The van der Waals surface area contributed by atoms with Gasteiger partial charge in [-0.3, -0.25) is 10.1 Å². The van der Waals surface area contributed by atoms with Gasteiger partial charge < -0.3 is 14.7 Å². The van der Waals surface area contributed by atoms with E-state index in [0.29, 0.717) is 10.6 Å². The molecule has 0 spiro atoms. The van der Waals surface area contributed by atoms with Gasteiger partial charge >= 0.3 is 5.97 Å². The molecule has 8 nitrogen and oxygen atoms in total. The van der Waals surface area contributed by atoms with Crippen LogP contribution in [0.2, 0.25) is 0 Å². The standard InChI is InChI=1S/C22H21N3O5S/c1-4-30-22(27)19-20(26)18(13-14-5-9-16(10-6-14)24(2)3)31-21(19)23-15-7-11-17(12-8-15)25(28)29/h5-13,26H,4H2,1-3H3. The van der Waals surface area contributed by atoms with E-state index < -0.39 is 10.9 Å². The van der Waals surface area contributed by atoms with Crippen molar-refractivity contribution in [3.8, 4) is 0 Å². The Morgan fingerprint density at radius 1 is 1.19 bits per heavy atom. The zero-order valence-electron chi connectivity index (χ0n) is 17.2. The second-order valence-corrected chi connectivity index (χ2v) is 7.76. The van der Waals surface area contributed by atoms with E-state index in [2.05, 4.69) is 4.99 Å². The lowest BCUT2D eigenvalue weighted by atomic mass is 10.1. The Morgan fingerprint density at radius 2 is 1.84 bits per heavy atom. The Labute approximate surface area is 183 Å². The second-order valence-electron chi connectivity index (χ2n) is 6.73. The summed E-state index contributed by atoms with van der Waals surface area (Å²) in [7, 11) is 3.89. The summed E-state index contributed by atoms with van der Waals surface area (Å²) in [5.41, 5.74) is 2.21. The molecule has 0 atom stereocenters. The molecule has 0 bridgehead atoms. The van der Waals surface area contributed by atoms with Crippen LogP contribution in [0.15, 0.2) is 69.8 Å². The van der Waals surface area contributed by atoms with Gasteiger partial charge in [-0.05, 0) is 42.8 Å². The third kappa shape index (κ3) is 5.13. The van der Waals surface area contributed by atoms with Gasteiger partial charge in [0.15, 0.2) is 0 Å². The molecule has 0 saturated heterocycles. The number of aliphatic imine (C=N–C) groups is 1. The Hall–Kier alpha value is -3.59. The summed E-state index contributed by atoms with van der Waals surface area (Å²) in [6.07, 6.45) is 1.76. The molecule has 0 amide bonds. The number of nitro benzene ring substituents is 1. The fourth-order valence-electron chi connectivity index (χ4n) is 2.78. The maximum Gasteiger partial charge on any atom is 0.344 e. The monoisotopic (exact) mass is 439 g/mol. The zero-order chi connectivity index (χ0) is 22.5. The highest BCUT2D eigenvalue weighted by Gasteiger charge is 2.33. The summed E-state index contributed by atoms with van der Waals surface area (Å²) >= 11 is 1.13. The summed E-state index contributed by atoms with van der Waals surface area (Å²) in [5.74, 6) is -0.889. The topological polar surface area (TPSA) is 105 Å². The number of hydrogen-bond donors (Lipinski definition) is 1. The number of aliphatic hydroxyl groups excluding tert-OH is 1. The molecule has 0 unspecified atom stereocenters. The average Bonchev–Trinajstić information content (AvgIpc) is 3.03. The van der Waals surface area contributed by atoms with Crippen molar-refractivity contribution < 1.29 is 19.6 Å². The molecule has 0 aliphatic carbocycles. The van der Waals surface area contributed by atoms with Crippen LogP contribution in [-0.2, 0) is 9.53 Å². The molecule has 1 aliphatic heterocycles. The number of hydrogen-bond acceptors (Lipinski definition) is 8. The Bertz CT molecular complexity index is 1090. The number of carbonyl (C=O) groups excluding carboxylic acids is 1. The zero-order valence-corrected chi connectivity index (χ0v) is 18.0. The van der Waals surface area contributed by atoms with E-state index in [0.717, 1.165) is 23.0 Å². The normalized spacial score (nSPS) is 16.1. The number of aliphatic hydroxyl groups is 1. The van der Waals surface area contributed by atoms with Crippen LogP contribution in [0.3, 0.4) is 0 Å². The fraction of sp³-hybridized carbons (Fsp3) is 0.182. The van der Waals surface area contributed by atoms with E-state index >= 15 is 0 Å². The van der Waals surface area contributed by atoms with Crippen molar-refractivity contribution in [2.75, 3.05) is 25.6 Å². The van der Waals surface area contributed by atoms with Crippen molar-refractivity contribution in [3.63, 3.8) is 0 Å². The molecule has 160 valence electrons. The van der Waals surface area contributed by atoms with Crippen LogP contribution >= 0.6 is 11.8 Å². The molecule has 2 aromatic carbocycles. The van der Waals surface area contributed by atoms with E-state index in [1.54, 1.807) is 13.0 Å². The number of rotatable bonds is 6. The van der Waals surface area contributed by atoms with Crippen molar-refractivity contribution in [1.82, 2.24) is 0 Å². The Balaban J connectivity index is 1.98. The maximum atomic E-state index is 12.5. The minimum atomic E-state index is -0.681. The number of nitrogens with zero attached hydrogens (tertiary/aromatic N) is 3. The van der Waals surface area contributed by atoms with E-state index in [9.17, 15) is 20.0 Å². The Kier molecular flexibility index (Phi) is 6.76. The molecule has 2 aromatic rings. The van der Waals surface area contributed by atoms with Crippen molar-refractivity contribution in [2.24, 2.45) is 4.99 Å². The van der Waals surface area contributed by atoms with Crippen molar-refractivity contribution >= 4 is 45.9 Å². The smallest absolute Gasteiger partial charge is 0.344 e. The minimum Gasteiger partial charge on any atom is -0.506 e. The molecule has 9 heteroatoms. The first-order valence-corrected chi connectivity index (χ1v) is 10.2. The first-order valence-electron chi connectivity index (χ1n) is 9.41. The fourth-order valence-corrected chi connectivity index (χ4v) is 3.81. The molecule has 0 saturated carbocycles. The van der Waals surface area contributed by atoms with Gasteiger partial charge in [0.25, 0.3) is 5.69 Å². The maximum absolute atomic E-state index is 12.5. The lowest BCUT2D eigenvalue weighted by Gasteiger charge is -2.11. The molecule has 31 heavy (non-hydrogen) atoms. The van der Waals surface area contributed by atoms with Gasteiger partial charge in [-0.15, -0.1) is 0 Å². The SMILES string of the molecule is CCOC(=O)C1=C(O)C(=Cc2ccc(N(C)C)cc2)SC1=Nc1ccc([N+](=O)[O-])cc1. The van der Waals surface area contributed by atoms with Crippen LogP contribution in [0.1, 0.15) is 12.5 Å². The third-order valence-corrected chi connectivity index (χ3v) is 5.39. The number of non-ortho nitro benzene ring substituents is 1. The number of carbonyl (C=O) groups is 1. The summed E-state index contributed by atoms with van der Waals surface area (Å²) in [6.45, 7) is 1.82. The molecule has 0 fully saturated rings. The van der Waals surface area contributed by atoms with Crippen molar-refractivity contribution in [2.45, 2.75) is 6.92 Å². The number of benzene rings is 2. The second kappa shape index (κ2) is 9.48. The minimum absolute atomic E-state index is 0.0265. The summed E-state index contributed by atoms with van der Waals surface area (Å²) in [4.78, 5) is 29.7. The van der Waals surface area contributed by atoms with Gasteiger partial charge in [0.1, 0.15) is 16.4 Å². The van der Waals surface area contributed by atoms with Crippen LogP contribution in [-0.4, -0.2) is 41.7 Å². The average molecular weight is 439 g/mol.